The Labute approximate surface area is 162 Å². The van der Waals surface area contributed by atoms with Gasteiger partial charge in [-0.2, -0.15) is 5.10 Å². The van der Waals surface area contributed by atoms with Crippen LogP contribution >= 0.6 is 0 Å². The van der Waals surface area contributed by atoms with Crippen LogP contribution in [0.3, 0.4) is 0 Å². The van der Waals surface area contributed by atoms with Gasteiger partial charge in [0.15, 0.2) is 0 Å². The summed E-state index contributed by atoms with van der Waals surface area (Å²) in [5, 5.41) is 6.61. The summed E-state index contributed by atoms with van der Waals surface area (Å²) in [5.41, 5.74) is 3.33. The highest BCUT2D eigenvalue weighted by molar-refractivity contribution is 5.73. The topological polar surface area (TPSA) is 72.9 Å². The fraction of sp³-hybridized carbons (Fsp3) is 0.0455. The van der Waals surface area contributed by atoms with Crippen molar-refractivity contribution >= 4 is 0 Å². The molecule has 0 saturated carbocycles. The van der Waals surface area contributed by atoms with E-state index >= 15 is 0 Å². The van der Waals surface area contributed by atoms with Gasteiger partial charge in [-0.25, -0.2) is 9.97 Å². The molecule has 0 radical (unpaired) electrons. The number of aromatic nitrogens is 4. The zero-order valence-corrected chi connectivity index (χ0v) is 15.1. The van der Waals surface area contributed by atoms with Crippen molar-refractivity contribution in [2.45, 2.75) is 0 Å². The molecule has 6 nitrogen and oxygen atoms in total. The fourth-order valence-electron chi connectivity index (χ4n) is 2.62. The Kier molecular flexibility index (Phi) is 4.98. The smallest absolute Gasteiger partial charge is 0.227 e. The number of aromatic amines is 1. The van der Waals surface area contributed by atoms with Crippen LogP contribution in [0.15, 0.2) is 73.3 Å². The number of methoxy groups -OCH3 is 1. The number of nitrogens with one attached hydrogen (secondary N) is 1. The van der Waals surface area contributed by atoms with Gasteiger partial charge < -0.3 is 9.47 Å². The summed E-state index contributed by atoms with van der Waals surface area (Å²) >= 11 is 0. The summed E-state index contributed by atoms with van der Waals surface area (Å²) in [7, 11) is 1.59. The molecule has 0 spiro atoms. The highest BCUT2D eigenvalue weighted by Crippen LogP contribution is 2.35. The molecule has 3 heterocycles. The van der Waals surface area contributed by atoms with Crippen LogP contribution in [-0.4, -0.2) is 27.3 Å². The Hall–Kier alpha value is -4.11. The maximum absolute atomic E-state index is 6.01. The zero-order chi connectivity index (χ0) is 19.2. The maximum atomic E-state index is 6.01. The number of rotatable bonds is 4. The molecular formula is C22H16N4O2. The van der Waals surface area contributed by atoms with Gasteiger partial charge in [0.1, 0.15) is 5.75 Å². The van der Waals surface area contributed by atoms with Crippen molar-refractivity contribution in [1.29, 1.82) is 0 Å². The molecule has 4 rings (SSSR count). The number of hydrogen-bond acceptors (Lipinski definition) is 5. The molecule has 1 N–H and O–H groups in total. The van der Waals surface area contributed by atoms with Gasteiger partial charge in [-0.1, -0.05) is 11.8 Å². The van der Waals surface area contributed by atoms with Crippen molar-refractivity contribution in [3.05, 3.63) is 84.4 Å². The van der Waals surface area contributed by atoms with Gasteiger partial charge >= 0.3 is 0 Å². The minimum atomic E-state index is 0.478. The number of benzene rings is 1. The Balaban J connectivity index is 1.58. The first-order valence-electron chi connectivity index (χ1n) is 8.56. The van der Waals surface area contributed by atoms with Crippen LogP contribution in [0.4, 0.5) is 0 Å². The summed E-state index contributed by atoms with van der Waals surface area (Å²) in [6.07, 6.45) is 6.80. The average Bonchev–Trinajstić information content (AvgIpc) is 3.27. The molecule has 0 amide bonds. The van der Waals surface area contributed by atoms with Crippen LogP contribution in [0.5, 0.6) is 17.5 Å². The Morgan fingerprint density at radius 1 is 0.821 bits per heavy atom. The minimum Gasteiger partial charge on any atom is -0.481 e. The lowest BCUT2D eigenvalue weighted by atomic mass is 10.1. The first-order valence-corrected chi connectivity index (χ1v) is 8.56. The van der Waals surface area contributed by atoms with E-state index in [0.29, 0.717) is 17.5 Å². The van der Waals surface area contributed by atoms with E-state index in [4.69, 9.17) is 9.47 Å². The van der Waals surface area contributed by atoms with Gasteiger partial charge in [0.2, 0.25) is 11.8 Å². The van der Waals surface area contributed by atoms with Gasteiger partial charge in [-0.05, 0) is 48.5 Å². The van der Waals surface area contributed by atoms with E-state index < -0.39 is 0 Å². The Morgan fingerprint density at radius 2 is 1.50 bits per heavy atom. The normalized spacial score (nSPS) is 10.0. The molecule has 0 aliphatic rings. The Morgan fingerprint density at radius 3 is 2.18 bits per heavy atom. The van der Waals surface area contributed by atoms with Gasteiger partial charge in [0.25, 0.3) is 0 Å². The van der Waals surface area contributed by atoms with E-state index in [-0.39, 0.29) is 0 Å². The number of ether oxygens (including phenoxy) is 2. The second-order valence-electron chi connectivity index (χ2n) is 5.78. The third-order valence-corrected chi connectivity index (χ3v) is 3.94. The van der Waals surface area contributed by atoms with Gasteiger partial charge in [-0.3, -0.25) is 5.10 Å². The molecule has 0 saturated heterocycles. The maximum Gasteiger partial charge on any atom is 0.227 e. The molecule has 4 aromatic rings. The van der Waals surface area contributed by atoms with Crippen LogP contribution in [0.1, 0.15) is 11.1 Å². The largest absolute Gasteiger partial charge is 0.481 e. The van der Waals surface area contributed by atoms with Crippen LogP contribution in [-0.2, 0) is 0 Å². The van der Waals surface area contributed by atoms with E-state index in [1.165, 1.54) is 0 Å². The molecule has 3 aromatic heterocycles. The zero-order valence-electron chi connectivity index (χ0n) is 15.1. The monoisotopic (exact) mass is 368 g/mol. The van der Waals surface area contributed by atoms with Crippen molar-refractivity contribution < 1.29 is 9.47 Å². The van der Waals surface area contributed by atoms with E-state index in [9.17, 15) is 0 Å². The molecule has 28 heavy (non-hydrogen) atoms. The molecule has 0 atom stereocenters. The van der Waals surface area contributed by atoms with E-state index in [1.54, 1.807) is 31.9 Å². The van der Waals surface area contributed by atoms with Crippen molar-refractivity contribution in [2.24, 2.45) is 0 Å². The van der Waals surface area contributed by atoms with E-state index in [0.717, 1.165) is 22.3 Å². The first-order chi connectivity index (χ1) is 13.8. The summed E-state index contributed by atoms with van der Waals surface area (Å²) in [5.74, 6) is 7.78. The van der Waals surface area contributed by atoms with E-state index in [1.807, 2.05) is 48.5 Å². The quantitative estimate of drug-likeness (QED) is 0.550. The minimum absolute atomic E-state index is 0.478. The summed E-state index contributed by atoms with van der Waals surface area (Å²) < 4.78 is 11.4. The first kappa shape index (κ1) is 17.3. The average molecular weight is 368 g/mol. The van der Waals surface area contributed by atoms with Gasteiger partial charge in [-0.15, -0.1) is 0 Å². The lowest BCUT2D eigenvalue weighted by Gasteiger charge is -2.12. The van der Waals surface area contributed by atoms with E-state index in [2.05, 4.69) is 32.0 Å². The Bertz CT molecular complexity index is 1130. The fourth-order valence-corrected chi connectivity index (χ4v) is 2.62. The van der Waals surface area contributed by atoms with Crippen LogP contribution in [0.2, 0.25) is 0 Å². The third kappa shape index (κ3) is 3.84. The molecule has 136 valence electrons. The second-order valence-corrected chi connectivity index (χ2v) is 5.78. The third-order valence-electron chi connectivity index (χ3n) is 3.94. The summed E-state index contributed by atoms with van der Waals surface area (Å²) in [4.78, 5) is 8.62. The number of pyridine rings is 2. The van der Waals surface area contributed by atoms with Crippen LogP contribution in [0, 0.1) is 11.8 Å². The number of H-pyrrole nitrogens is 1. The summed E-state index contributed by atoms with van der Waals surface area (Å²) in [6.45, 7) is 0. The number of hydrogen-bond donors (Lipinski definition) is 1. The predicted octanol–water partition coefficient (Wildman–Crippen LogP) is 4.07. The molecule has 0 aliphatic carbocycles. The molecule has 0 aliphatic heterocycles. The highest BCUT2D eigenvalue weighted by atomic mass is 16.5. The lowest BCUT2D eigenvalue weighted by molar-refractivity contribution is 0.399. The molecule has 1 aromatic carbocycles. The second kappa shape index (κ2) is 8.06. The number of nitrogens with zero attached hydrogens (tertiary/aromatic N) is 3. The van der Waals surface area contributed by atoms with Crippen molar-refractivity contribution in [3.63, 3.8) is 0 Å². The summed E-state index contributed by atoms with van der Waals surface area (Å²) in [6, 6.07) is 15.1. The highest BCUT2D eigenvalue weighted by Gasteiger charge is 2.13. The van der Waals surface area contributed by atoms with Crippen LogP contribution < -0.4 is 9.47 Å². The van der Waals surface area contributed by atoms with Crippen molar-refractivity contribution in [2.75, 3.05) is 7.11 Å². The SMILES string of the molecule is COc1ncccc1-c1cccnc1Oc1ccc(C#Cc2cn[nH]c2)cc1. The van der Waals surface area contributed by atoms with Crippen molar-refractivity contribution in [3.8, 4) is 40.5 Å². The molecule has 0 fully saturated rings. The predicted molar refractivity (Wildman–Crippen MR) is 105 cm³/mol. The van der Waals surface area contributed by atoms with Gasteiger partial charge in [0.05, 0.1) is 18.9 Å². The van der Waals surface area contributed by atoms with Crippen molar-refractivity contribution in [1.82, 2.24) is 20.2 Å². The molecular weight excluding hydrogens is 352 g/mol. The van der Waals surface area contributed by atoms with Gasteiger partial charge in [0, 0.05) is 35.3 Å². The lowest BCUT2D eigenvalue weighted by Crippen LogP contribution is -1.95. The molecule has 0 bridgehead atoms. The molecule has 0 unspecified atom stereocenters. The standard InChI is InChI=1S/C22H16N4O2/c1-27-21-19(4-2-12-23-21)20-5-3-13-24-22(20)28-18-10-8-16(9-11-18)6-7-17-14-25-26-15-17/h2-5,8-15H,1H3,(H,25,26). The molecule has 6 heteroatoms. The van der Waals surface area contributed by atoms with Crippen LogP contribution in [0.25, 0.3) is 11.1 Å².